The highest BCUT2D eigenvalue weighted by Crippen LogP contribution is 2.37. The van der Waals surface area contributed by atoms with Crippen LogP contribution >= 0.6 is 0 Å². The molecule has 1 aromatic rings. The Bertz CT molecular complexity index is 516. The van der Waals surface area contributed by atoms with Gasteiger partial charge >= 0.3 is 5.89 Å². The molecule has 0 spiro atoms. The van der Waals surface area contributed by atoms with Crippen LogP contribution in [-0.4, -0.2) is 46.7 Å². The average molecular weight is 263 g/mol. The molecule has 6 nitrogen and oxygen atoms in total. The lowest BCUT2D eigenvalue weighted by Crippen LogP contribution is -2.50. The van der Waals surface area contributed by atoms with Gasteiger partial charge in [-0.1, -0.05) is 10.3 Å². The Morgan fingerprint density at radius 3 is 2.79 bits per heavy atom. The van der Waals surface area contributed by atoms with Crippen LogP contribution < -0.4 is 0 Å². The minimum absolute atomic E-state index is 0.427. The molecule has 1 saturated heterocycles. The molecule has 0 bridgehead atoms. The topological polar surface area (TPSA) is 60.5 Å². The first-order chi connectivity index (χ1) is 9.26. The average Bonchev–Trinajstić information content (AvgIpc) is 3.06. The predicted octanol–water partition coefficient (Wildman–Crippen LogP) is 1.73. The molecule has 0 saturated carbocycles. The van der Waals surface area contributed by atoms with E-state index in [0.29, 0.717) is 22.3 Å². The van der Waals surface area contributed by atoms with Crippen molar-refractivity contribution in [3.05, 3.63) is 17.8 Å². The number of ether oxygens (including phenoxy) is 1. The van der Waals surface area contributed by atoms with Crippen LogP contribution in [0.2, 0.25) is 0 Å². The second-order valence-electron chi connectivity index (χ2n) is 4.95. The summed E-state index contributed by atoms with van der Waals surface area (Å²) in [6.45, 7) is 6.47. The van der Waals surface area contributed by atoms with Gasteiger partial charge in [0.15, 0.2) is 5.82 Å². The quantitative estimate of drug-likeness (QED) is 0.779. The van der Waals surface area contributed by atoms with E-state index >= 15 is 0 Å². The standard InChI is InChI=1S/C13H19N4O2/c1-3-17(11-5-8-18-9-6-11)12(4-7-14-17)13-15-10(2)16-19-13/h4,7,11H,3,5-6,8-9H2,1-2H3/q+1. The van der Waals surface area contributed by atoms with E-state index < -0.39 is 0 Å². The number of rotatable bonds is 3. The Labute approximate surface area is 112 Å². The zero-order chi connectivity index (χ0) is 13.3. The van der Waals surface area contributed by atoms with Gasteiger partial charge < -0.3 is 9.26 Å². The van der Waals surface area contributed by atoms with Crippen LogP contribution in [0.25, 0.3) is 5.70 Å². The number of aryl methyl sites for hydroxylation is 1. The molecule has 19 heavy (non-hydrogen) atoms. The zero-order valence-corrected chi connectivity index (χ0v) is 11.4. The number of hydrogen-bond donors (Lipinski definition) is 0. The fourth-order valence-corrected chi connectivity index (χ4v) is 2.97. The van der Waals surface area contributed by atoms with Crippen molar-refractivity contribution in [2.45, 2.75) is 32.7 Å². The fourth-order valence-electron chi connectivity index (χ4n) is 2.97. The summed E-state index contributed by atoms with van der Waals surface area (Å²) in [4.78, 5) is 4.36. The van der Waals surface area contributed by atoms with Crippen molar-refractivity contribution in [2.24, 2.45) is 5.10 Å². The van der Waals surface area contributed by atoms with Crippen LogP contribution in [0.3, 0.4) is 0 Å². The second kappa shape index (κ2) is 4.86. The molecule has 0 aliphatic carbocycles. The van der Waals surface area contributed by atoms with Crippen LogP contribution in [0.15, 0.2) is 15.7 Å². The van der Waals surface area contributed by atoms with Crippen molar-refractivity contribution in [3.8, 4) is 0 Å². The summed E-state index contributed by atoms with van der Waals surface area (Å²) in [6.07, 6.45) is 5.87. The lowest BCUT2D eigenvalue weighted by atomic mass is 10.1. The molecule has 2 aliphatic heterocycles. The van der Waals surface area contributed by atoms with Crippen LogP contribution in [0.1, 0.15) is 31.5 Å². The van der Waals surface area contributed by atoms with Crippen LogP contribution in [0, 0.1) is 6.92 Å². The Kier molecular flexibility index (Phi) is 3.20. The number of nitrogens with zero attached hydrogens (tertiary/aromatic N) is 4. The maximum absolute atomic E-state index is 5.46. The van der Waals surface area contributed by atoms with Crippen molar-refractivity contribution < 1.29 is 13.9 Å². The molecule has 6 heteroatoms. The minimum atomic E-state index is 0.427. The van der Waals surface area contributed by atoms with Gasteiger partial charge in [-0.25, -0.2) is 0 Å². The van der Waals surface area contributed by atoms with E-state index in [9.17, 15) is 0 Å². The third kappa shape index (κ3) is 2.01. The molecule has 0 N–H and O–H groups in total. The number of quaternary nitrogens is 1. The predicted molar refractivity (Wildman–Crippen MR) is 70.1 cm³/mol. The minimum Gasteiger partial charge on any atom is -0.381 e. The maximum Gasteiger partial charge on any atom is 0.314 e. The molecule has 1 atom stereocenters. The van der Waals surface area contributed by atoms with Gasteiger partial charge in [0.05, 0.1) is 19.4 Å². The van der Waals surface area contributed by atoms with Gasteiger partial charge in [-0.15, -0.1) is 0 Å². The molecule has 0 amide bonds. The van der Waals surface area contributed by atoms with E-state index in [4.69, 9.17) is 14.4 Å². The van der Waals surface area contributed by atoms with Crippen molar-refractivity contribution in [1.29, 1.82) is 0 Å². The summed E-state index contributed by atoms with van der Waals surface area (Å²) >= 11 is 0. The van der Waals surface area contributed by atoms with E-state index in [2.05, 4.69) is 17.1 Å². The molecule has 102 valence electrons. The summed E-state index contributed by atoms with van der Waals surface area (Å²) in [5.41, 5.74) is 1.01. The lowest BCUT2D eigenvalue weighted by Gasteiger charge is -2.38. The van der Waals surface area contributed by atoms with Crippen LogP contribution in [0.4, 0.5) is 0 Å². The molecule has 3 rings (SSSR count). The third-order valence-electron chi connectivity index (χ3n) is 3.95. The second-order valence-corrected chi connectivity index (χ2v) is 4.95. The fraction of sp³-hybridized carbons (Fsp3) is 0.615. The molecule has 3 heterocycles. The molecular weight excluding hydrogens is 244 g/mol. The van der Waals surface area contributed by atoms with Crippen molar-refractivity contribution >= 4 is 11.9 Å². The monoisotopic (exact) mass is 263 g/mol. The van der Waals surface area contributed by atoms with E-state index in [1.165, 1.54) is 0 Å². The van der Waals surface area contributed by atoms with E-state index in [-0.39, 0.29) is 0 Å². The first kappa shape index (κ1) is 12.5. The zero-order valence-electron chi connectivity index (χ0n) is 11.4. The lowest BCUT2D eigenvalue weighted by molar-refractivity contribution is -0.890. The Hall–Kier alpha value is -1.53. The number of allylic oxidation sites excluding steroid dienone is 1. The maximum atomic E-state index is 5.46. The Balaban J connectivity index is 1.95. The van der Waals surface area contributed by atoms with Crippen LogP contribution in [-0.2, 0) is 4.74 Å². The van der Waals surface area contributed by atoms with E-state index in [0.717, 1.165) is 38.3 Å². The van der Waals surface area contributed by atoms with E-state index in [1.54, 1.807) is 0 Å². The Morgan fingerprint density at radius 2 is 2.16 bits per heavy atom. The summed E-state index contributed by atoms with van der Waals surface area (Å²) in [6, 6.07) is 0.427. The van der Waals surface area contributed by atoms with Gasteiger partial charge in [-0.3, -0.25) is 0 Å². The smallest absolute Gasteiger partial charge is 0.314 e. The molecule has 1 unspecified atom stereocenters. The van der Waals surface area contributed by atoms with Crippen molar-refractivity contribution in [2.75, 3.05) is 19.8 Å². The number of aromatic nitrogens is 2. The highest BCUT2D eigenvalue weighted by Gasteiger charge is 2.46. The van der Waals surface area contributed by atoms with Gasteiger partial charge in [-0.05, 0) is 13.8 Å². The molecular formula is C13H19N4O2+. The molecule has 0 radical (unpaired) electrons. The highest BCUT2D eigenvalue weighted by atomic mass is 16.5. The molecule has 1 fully saturated rings. The SMILES string of the molecule is CC[N+]1(C2CCOCC2)N=CC=C1c1nc(C)no1. The largest absolute Gasteiger partial charge is 0.381 e. The highest BCUT2D eigenvalue weighted by molar-refractivity contribution is 5.82. The summed E-state index contributed by atoms with van der Waals surface area (Å²) < 4.78 is 11.4. The first-order valence-corrected chi connectivity index (χ1v) is 6.79. The normalized spacial score (nSPS) is 27.8. The summed E-state index contributed by atoms with van der Waals surface area (Å²) in [7, 11) is 0. The first-order valence-electron chi connectivity index (χ1n) is 6.79. The molecule has 1 aromatic heterocycles. The van der Waals surface area contributed by atoms with Gasteiger partial charge in [0.2, 0.25) is 5.70 Å². The number of hydrogen-bond acceptors (Lipinski definition) is 5. The van der Waals surface area contributed by atoms with Gasteiger partial charge in [0.1, 0.15) is 12.6 Å². The summed E-state index contributed by atoms with van der Waals surface area (Å²) in [5, 5.41) is 8.60. The Morgan fingerprint density at radius 1 is 1.37 bits per heavy atom. The molecule has 0 aromatic carbocycles. The molecule has 2 aliphatic rings. The van der Waals surface area contributed by atoms with Gasteiger partial charge in [0, 0.05) is 18.9 Å². The third-order valence-corrected chi connectivity index (χ3v) is 3.95. The van der Waals surface area contributed by atoms with Crippen molar-refractivity contribution in [3.63, 3.8) is 0 Å². The van der Waals surface area contributed by atoms with Crippen LogP contribution in [0.5, 0.6) is 0 Å². The van der Waals surface area contributed by atoms with Crippen molar-refractivity contribution in [1.82, 2.24) is 10.1 Å². The summed E-state index contributed by atoms with van der Waals surface area (Å²) in [5.74, 6) is 1.24. The van der Waals surface area contributed by atoms with E-state index in [1.807, 2.05) is 19.2 Å². The van der Waals surface area contributed by atoms with Gasteiger partial charge in [0.25, 0.3) is 0 Å². The van der Waals surface area contributed by atoms with Gasteiger partial charge in [-0.2, -0.15) is 9.58 Å².